The number of nitrogens with zero attached hydrogens (tertiary/aromatic N) is 2. The van der Waals surface area contributed by atoms with Gasteiger partial charge in [0.1, 0.15) is 5.69 Å². The number of rotatable bonds is 5. The lowest BCUT2D eigenvalue weighted by Gasteiger charge is -2.33. The number of nitrogens with one attached hydrogen (secondary N) is 1. The number of nitro benzene ring substituents is 1. The van der Waals surface area contributed by atoms with Crippen molar-refractivity contribution in [1.29, 1.82) is 0 Å². The summed E-state index contributed by atoms with van der Waals surface area (Å²) in [6.45, 7) is 3.08. The Balaban J connectivity index is 1.60. The van der Waals surface area contributed by atoms with Crippen molar-refractivity contribution in [2.45, 2.75) is 25.8 Å². The third kappa shape index (κ3) is 4.56. The maximum absolute atomic E-state index is 12.7. The number of benzene rings is 2. The number of amides is 1. The SMILES string of the molecule is C[C@@H](NC(=O)C1CCN(c2ccccc2[N+](=O)[O-])CC1)c1ccc(Cl)cc1Cl. The zero-order chi connectivity index (χ0) is 20.3. The number of halogens is 2. The Morgan fingerprint density at radius 2 is 1.89 bits per heavy atom. The summed E-state index contributed by atoms with van der Waals surface area (Å²) in [7, 11) is 0. The molecule has 2 aromatic rings. The number of hydrogen-bond acceptors (Lipinski definition) is 4. The minimum Gasteiger partial charge on any atom is -0.366 e. The number of carbonyl (C=O) groups is 1. The molecular formula is C20H21Cl2N3O3. The molecule has 0 spiro atoms. The van der Waals surface area contributed by atoms with E-state index < -0.39 is 0 Å². The summed E-state index contributed by atoms with van der Waals surface area (Å²) in [6, 6.07) is 11.7. The molecule has 0 aromatic heterocycles. The summed E-state index contributed by atoms with van der Waals surface area (Å²) < 4.78 is 0. The molecule has 1 saturated heterocycles. The van der Waals surface area contributed by atoms with Crippen LogP contribution in [0.5, 0.6) is 0 Å². The first kappa shape index (κ1) is 20.4. The van der Waals surface area contributed by atoms with Crippen molar-refractivity contribution in [3.05, 3.63) is 68.2 Å². The van der Waals surface area contributed by atoms with Crippen LogP contribution in [0.25, 0.3) is 0 Å². The lowest BCUT2D eigenvalue weighted by Crippen LogP contribution is -2.41. The van der Waals surface area contributed by atoms with E-state index in [1.165, 1.54) is 6.07 Å². The van der Waals surface area contributed by atoms with Gasteiger partial charge in [-0.15, -0.1) is 0 Å². The molecule has 1 heterocycles. The summed E-state index contributed by atoms with van der Waals surface area (Å²) in [6.07, 6.45) is 1.28. The monoisotopic (exact) mass is 421 g/mol. The van der Waals surface area contributed by atoms with Crippen LogP contribution in [-0.2, 0) is 4.79 Å². The fraction of sp³-hybridized carbons (Fsp3) is 0.350. The maximum atomic E-state index is 12.7. The van der Waals surface area contributed by atoms with E-state index in [0.717, 1.165) is 5.56 Å². The van der Waals surface area contributed by atoms with Gasteiger partial charge >= 0.3 is 0 Å². The largest absolute Gasteiger partial charge is 0.366 e. The van der Waals surface area contributed by atoms with Crippen molar-refractivity contribution in [2.75, 3.05) is 18.0 Å². The van der Waals surface area contributed by atoms with E-state index in [9.17, 15) is 14.9 Å². The van der Waals surface area contributed by atoms with Crippen molar-refractivity contribution in [2.24, 2.45) is 5.92 Å². The molecule has 1 N–H and O–H groups in total. The van der Waals surface area contributed by atoms with Gasteiger partial charge in [-0.2, -0.15) is 0 Å². The van der Waals surface area contributed by atoms with Crippen molar-refractivity contribution in [3.8, 4) is 0 Å². The maximum Gasteiger partial charge on any atom is 0.292 e. The third-order valence-electron chi connectivity index (χ3n) is 5.07. The van der Waals surface area contributed by atoms with E-state index in [-0.39, 0.29) is 28.5 Å². The molecule has 1 fully saturated rings. The zero-order valence-electron chi connectivity index (χ0n) is 15.4. The lowest BCUT2D eigenvalue weighted by atomic mass is 9.94. The van der Waals surface area contributed by atoms with Crippen molar-refractivity contribution < 1.29 is 9.72 Å². The number of anilines is 1. The molecule has 1 aliphatic heterocycles. The van der Waals surface area contributed by atoms with Gasteiger partial charge in [-0.1, -0.05) is 41.4 Å². The number of hydrogen-bond donors (Lipinski definition) is 1. The highest BCUT2D eigenvalue weighted by atomic mass is 35.5. The molecule has 2 aromatic carbocycles. The quantitative estimate of drug-likeness (QED) is 0.544. The number of carbonyl (C=O) groups excluding carboxylic acids is 1. The van der Waals surface area contributed by atoms with Crippen LogP contribution in [0.3, 0.4) is 0 Å². The Hall–Kier alpha value is -2.31. The van der Waals surface area contributed by atoms with Crippen LogP contribution in [-0.4, -0.2) is 23.9 Å². The molecule has 6 nitrogen and oxygen atoms in total. The molecule has 1 aliphatic rings. The second-order valence-electron chi connectivity index (χ2n) is 6.90. The molecule has 0 bridgehead atoms. The Labute approximate surface area is 173 Å². The van der Waals surface area contributed by atoms with Crippen LogP contribution in [0, 0.1) is 16.0 Å². The summed E-state index contributed by atoms with van der Waals surface area (Å²) in [4.78, 5) is 25.5. The normalized spacial score (nSPS) is 15.9. The Morgan fingerprint density at radius 1 is 1.21 bits per heavy atom. The van der Waals surface area contributed by atoms with Crippen LogP contribution in [0.2, 0.25) is 10.0 Å². The molecule has 8 heteroatoms. The average molecular weight is 422 g/mol. The standard InChI is InChI=1S/C20H21Cl2N3O3/c1-13(16-7-6-15(21)12-17(16)22)23-20(26)14-8-10-24(11-9-14)18-4-2-3-5-19(18)25(27)28/h2-7,12-14H,8-11H2,1H3,(H,23,26)/t13-/m1/s1. The van der Waals surface area contributed by atoms with Gasteiger partial charge in [0.05, 0.1) is 11.0 Å². The van der Waals surface area contributed by atoms with Gasteiger partial charge in [0.15, 0.2) is 0 Å². The minimum atomic E-state index is -0.369. The number of piperidine rings is 1. The molecule has 28 heavy (non-hydrogen) atoms. The Morgan fingerprint density at radius 3 is 2.54 bits per heavy atom. The van der Waals surface area contributed by atoms with Crippen LogP contribution in [0.15, 0.2) is 42.5 Å². The van der Waals surface area contributed by atoms with Gasteiger partial charge in [-0.25, -0.2) is 0 Å². The van der Waals surface area contributed by atoms with Crippen molar-refractivity contribution >= 4 is 40.5 Å². The molecule has 148 valence electrons. The van der Waals surface area contributed by atoms with Gasteiger partial charge in [0.25, 0.3) is 5.69 Å². The Kier molecular flexibility index (Phi) is 6.42. The first-order valence-electron chi connectivity index (χ1n) is 9.10. The first-order chi connectivity index (χ1) is 13.4. The molecular weight excluding hydrogens is 401 g/mol. The highest BCUT2D eigenvalue weighted by Gasteiger charge is 2.29. The molecule has 0 radical (unpaired) electrons. The van der Waals surface area contributed by atoms with Crippen molar-refractivity contribution in [3.63, 3.8) is 0 Å². The van der Waals surface area contributed by atoms with Crippen molar-refractivity contribution in [1.82, 2.24) is 5.32 Å². The number of nitro groups is 1. The van der Waals surface area contributed by atoms with E-state index in [4.69, 9.17) is 23.2 Å². The second kappa shape index (κ2) is 8.80. The van der Waals surface area contributed by atoms with E-state index in [1.807, 2.05) is 17.9 Å². The fourth-order valence-electron chi connectivity index (χ4n) is 3.53. The number of para-hydroxylation sites is 2. The molecule has 0 unspecified atom stereocenters. The predicted octanol–water partition coefficient (Wildman–Crippen LogP) is 5.00. The zero-order valence-corrected chi connectivity index (χ0v) is 16.9. The van der Waals surface area contributed by atoms with Crippen LogP contribution in [0.1, 0.15) is 31.4 Å². The topological polar surface area (TPSA) is 75.5 Å². The first-order valence-corrected chi connectivity index (χ1v) is 9.86. The smallest absolute Gasteiger partial charge is 0.292 e. The van der Waals surface area contributed by atoms with E-state index in [2.05, 4.69) is 5.32 Å². The second-order valence-corrected chi connectivity index (χ2v) is 7.75. The van der Waals surface area contributed by atoms with E-state index in [0.29, 0.717) is 41.7 Å². The van der Waals surface area contributed by atoms with Gasteiger partial charge < -0.3 is 10.2 Å². The van der Waals surface area contributed by atoms with E-state index >= 15 is 0 Å². The van der Waals surface area contributed by atoms with Gasteiger partial charge in [0, 0.05) is 35.1 Å². The van der Waals surface area contributed by atoms with E-state index in [1.54, 1.807) is 30.3 Å². The highest BCUT2D eigenvalue weighted by Crippen LogP contribution is 2.32. The van der Waals surface area contributed by atoms with Crippen LogP contribution < -0.4 is 10.2 Å². The van der Waals surface area contributed by atoms with Gasteiger partial charge in [-0.3, -0.25) is 14.9 Å². The summed E-state index contributed by atoms with van der Waals surface area (Å²) in [5.41, 5.74) is 1.51. The molecule has 0 aliphatic carbocycles. The summed E-state index contributed by atoms with van der Waals surface area (Å²) >= 11 is 12.1. The molecule has 1 amide bonds. The fourth-order valence-corrected chi connectivity index (χ4v) is 4.10. The molecule has 1 atom stereocenters. The van der Waals surface area contributed by atoms with Crippen LogP contribution >= 0.6 is 23.2 Å². The van der Waals surface area contributed by atoms with Crippen LogP contribution in [0.4, 0.5) is 11.4 Å². The van der Waals surface area contributed by atoms with Gasteiger partial charge in [0.2, 0.25) is 5.91 Å². The third-order valence-corrected chi connectivity index (χ3v) is 5.64. The molecule has 0 saturated carbocycles. The summed E-state index contributed by atoms with van der Waals surface area (Å²) in [5, 5.41) is 15.3. The summed E-state index contributed by atoms with van der Waals surface area (Å²) in [5.74, 6) is -0.159. The lowest BCUT2D eigenvalue weighted by molar-refractivity contribution is -0.384. The van der Waals surface area contributed by atoms with Gasteiger partial charge in [-0.05, 0) is 43.5 Å². The predicted molar refractivity (Wildman–Crippen MR) is 111 cm³/mol. The Bertz CT molecular complexity index is 883. The average Bonchev–Trinajstić information content (AvgIpc) is 2.68. The minimum absolute atomic E-state index is 0.0271. The molecule has 3 rings (SSSR count). The highest BCUT2D eigenvalue weighted by molar-refractivity contribution is 6.35.